The van der Waals surface area contributed by atoms with Crippen LogP contribution >= 0.6 is 0 Å². The third-order valence-corrected chi connectivity index (χ3v) is 5.01. The molecule has 0 fully saturated rings. The van der Waals surface area contributed by atoms with E-state index >= 15 is 0 Å². The number of aromatic nitrogens is 1. The zero-order valence-corrected chi connectivity index (χ0v) is 15.0. The van der Waals surface area contributed by atoms with Crippen LogP contribution in [0.2, 0.25) is 0 Å². The summed E-state index contributed by atoms with van der Waals surface area (Å²) in [6.45, 7) is 9.15. The molecular formula is C20H30N2O. The molecule has 0 saturated carbocycles. The van der Waals surface area contributed by atoms with Gasteiger partial charge in [0.05, 0.1) is 7.11 Å². The van der Waals surface area contributed by atoms with Gasteiger partial charge in [-0.1, -0.05) is 13.8 Å². The number of ether oxygens (including phenoxy) is 1. The Morgan fingerprint density at radius 1 is 1.26 bits per heavy atom. The SMILES string of the molecule is COc1ccc2c(c1)c(CC(C)NCCC(C)C)c1n2CCC1. The number of nitrogens with one attached hydrogen (secondary N) is 1. The number of nitrogens with zero attached hydrogens (tertiary/aromatic N) is 1. The summed E-state index contributed by atoms with van der Waals surface area (Å²) >= 11 is 0. The van der Waals surface area contributed by atoms with Crippen LogP contribution in [0, 0.1) is 5.92 Å². The van der Waals surface area contributed by atoms with Crippen molar-refractivity contribution in [2.45, 2.75) is 59.0 Å². The standard InChI is InChI=1S/C20H30N2O/c1-14(2)9-10-21-15(3)12-17-18-13-16(23-4)7-8-20(18)22-11-5-6-19(17)22/h7-8,13-15,21H,5-6,9-12H2,1-4H3. The van der Waals surface area contributed by atoms with Gasteiger partial charge in [0, 0.05) is 29.2 Å². The zero-order chi connectivity index (χ0) is 16.4. The van der Waals surface area contributed by atoms with Crippen molar-refractivity contribution in [3.05, 3.63) is 29.5 Å². The second kappa shape index (κ2) is 6.96. The minimum absolute atomic E-state index is 0.510. The molecule has 1 aliphatic heterocycles. The van der Waals surface area contributed by atoms with Gasteiger partial charge in [0.1, 0.15) is 5.75 Å². The highest BCUT2D eigenvalue weighted by Crippen LogP contribution is 2.34. The van der Waals surface area contributed by atoms with E-state index in [1.54, 1.807) is 12.8 Å². The van der Waals surface area contributed by atoms with Crippen molar-refractivity contribution in [3.8, 4) is 5.75 Å². The van der Waals surface area contributed by atoms with Crippen LogP contribution in [0.4, 0.5) is 0 Å². The number of fused-ring (bicyclic) bond motifs is 3. The second-order valence-corrected chi connectivity index (χ2v) is 7.31. The van der Waals surface area contributed by atoms with Gasteiger partial charge >= 0.3 is 0 Å². The van der Waals surface area contributed by atoms with Crippen molar-refractivity contribution in [2.75, 3.05) is 13.7 Å². The Hall–Kier alpha value is -1.48. The maximum absolute atomic E-state index is 5.45. The third-order valence-electron chi connectivity index (χ3n) is 5.01. The second-order valence-electron chi connectivity index (χ2n) is 7.31. The lowest BCUT2D eigenvalue weighted by Gasteiger charge is -2.15. The fourth-order valence-corrected chi connectivity index (χ4v) is 3.75. The van der Waals surface area contributed by atoms with Crippen molar-refractivity contribution >= 4 is 10.9 Å². The topological polar surface area (TPSA) is 26.2 Å². The molecule has 3 rings (SSSR count). The highest BCUT2D eigenvalue weighted by molar-refractivity contribution is 5.87. The molecule has 3 nitrogen and oxygen atoms in total. The van der Waals surface area contributed by atoms with Gasteiger partial charge in [-0.25, -0.2) is 0 Å². The lowest BCUT2D eigenvalue weighted by atomic mass is 10.0. The molecule has 0 bridgehead atoms. The van der Waals surface area contributed by atoms with E-state index in [2.05, 4.69) is 48.9 Å². The largest absolute Gasteiger partial charge is 0.497 e. The predicted molar refractivity (Wildman–Crippen MR) is 97.4 cm³/mol. The van der Waals surface area contributed by atoms with Crippen LogP contribution in [0.5, 0.6) is 5.75 Å². The predicted octanol–water partition coefficient (Wildman–Crippen LogP) is 4.16. The first-order valence-corrected chi connectivity index (χ1v) is 9.01. The average molecular weight is 314 g/mol. The normalized spacial score (nSPS) is 15.3. The molecule has 0 aliphatic carbocycles. The first kappa shape index (κ1) is 16.4. The molecule has 0 radical (unpaired) electrons. The number of hydrogen-bond acceptors (Lipinski definition) is 2. The Morgan fingerprint density at radius 2 is 2.09 bits per heavy atom. The Labute approximate surface area is 140 Å². The molecule has 0 amide bonds. The first-order valence-electron chi connectivity index (χ1n) is 9.01. The molecule has 2 heterocycles. The van der Waals surface area contributed by atoms with Crippen LogP contribution < -0.4 is 10.1 Å². The van der Waals surface area contributed by atoms with Gasteiger partial charge in [-0.2, -0.15) is 0 Å². The van der Waals surface area contributed by atoms with Crippen LogP contribution in [0.25, 0.3) is 10.9 Å². The fourth-order valence-electron chi connectivity index (χ4n) is 3.75. The van der Waals surface area contributed by atoms with Gasteiger partial charge < -0.3 is 14.6 Å². The fraction of sp³-hybridized carbons (Fsp3) is 0.600. The molecule has 1 aromatic carbocycles. The van der Waals surface area contributed by atoms with E-state index in [9.17, 15) is 0 Å². The summed E-state index contributed by atoms with van der Waals surface area (Å²) in [5.41, 5.74) is 4.45. The van der Waals surface area contributed by atoms with Gasteiger partial charge in [0.25, 0.3) is 0 Å². The number of aryl methyl sites for hydroxylation is 1. The smallest absolute Gasteiger partial charge is 0.119 e. The quantitative estimate of drug-likeness (QED) is 0.830. The summed E-state index contributed by atoms with van der Waals surface area (Å²) in [5.74, 6) is 1.72. The molecule has 1 atom stereocenters. The van der Waals surface area contributed by atoms with E-state index in [1.807, 2.05) is 0 Å². The van der Waals surface area contributed by atoms with E-state index in [0.717, 1.165) is 31.2 Å². The maximum atomic E-state index is 5.45. The number of methoxy groups -OCH3 is 1. The van der Waals surface area contributed by atoms with Crippen molar-refractivity contribution < 1.29 is 4.74 Å². The Balaban J connectivity index is 1.84. The lowest BCUT2D eigenvalue weighted by Crippen LogP contribution is -2.29. The van der Waals surface area contributed by atoms with Crippen LogP contribution in [-0.2, 0) is 19.4 Å². The minimum Gasteiger partial charge on any atom is -0.497 e. The van der Waals surface area contributed by atoms with Gasteiger partial charge in [-0.05, 0) is 68.8 Å². The number of hydrogen-bond donors (Lipinski definition) is 1. The summed E-state index contributed by atoms with van der Waals surface area (Å²) in [6, 6.07) is 7.04. The molecule has 2 aromatic rings. The molecule has 1 aromatic heterocycles. The van der Waals surface area contributed by atoms with Gasteiger partial charge in [-0.15, -0.1) is 0 Å². The molecule has 126 valence electrons. The molecule has 3 heteroatoms. The monoisotopic (exact) mass is 314 g/mol. The van der Waals surface area contributed by atoms with E-state index in [0.29, 0.717) is 6.04 Å². The molecule has 23 heavy (non-hydrogen) atoms. The van der Waals surface area contributed by atoms with Crippen LogP contribution in [0.15, 0.2) is 18.2 Å². The maximum Gasteiger partial charge on any atom is 0.119 e. The van der Waals surface area contributed by atoms with Crippen LogP contribution in [0.1, 0.15) is 44.9 Å². The van der Waals surface area contributed by atoms with Gasteiger partial charge in [0.2, 0.25) is 0 Å². The van der Waals surface area contributed by atoms with Crippen molar-refractivity contribution in [2.24, 2.45) is 5.92 Å². The summed E-state index contributed by atoms with van der Waals surface area (Å²) in [7, 11) is 1.75. The molecule has 0 saturated heterocycles. The Bertz CT molecular complexity index is 672. The Kier molecular flexibility index (Phi) is 4.96. The van der Waals surface area contributed by atoms with Crippen LogP contribution in [-0.4, -0.2) is 24.3 Å². The summed E-state index contributed by atoms with van der Waals surface area (Å²) in [5, 5.41) is 5.08. The van der Waals surface area contributed by atoms with Crippen molar-refractivity contribution in [3.63, 3.8) is 0 Å². The third kappa shape index (κ3) is 3.40. The number of benzene rings is 1. The molecular weight excluding hydrogens is 284 g/mol. The zero-order valence-electron chi connectivity index (χ0n) is 15.0. The highest BCUT2D eigenvalue weighted by atomic mass is 16.5. The molecule has 1 N–H and O–H groups in total. The lowest BCUT2D eigenvalue weighted by molar-refractivity contribution is 0.415. The summed E-state index contributed by atoms with van der Waals surface area (Å²) < 4.78 is 7.97. The average Bonchev–Trinajstić information content (AvgIpc) is 3.09. The van der Waals surface area contributed by atoms with E-state index < -0.39 is 0 Å². The van der Waals surface area contributed by atoms with Gasteiger partial charge in [-0.3, -0.25) is 0 Å². The minimum atomic E-state index is 0.510. The van der Waals surface area contributed by atoms with Crippen molar-refractivity contribution in [1.29, 1.82) is 0 Å². The van der Waals surface area contributed by atoms with Gasteiger partial charge in [0.15, 0.2) is 0 Å². The Morgan fingerprint density at radius 3 is 2.83 bits per heavy atom. The van der Waals surface area contributed by atoms with Crippen molar-refractivity contribution in [1.82, 2.24) is 9.88 Å². The first-order chi connectivity index (χ1) is 11.1. The summed E-state index contributed by atoms with van der Waals surface area (Å²) in [6.07, 6.45) is 4.83. The number of rotatable bonds is 7. The molecule has 1 unspecified atom stereocenters. The van der Waals surface area contributed by atoms with E-state index in [-0.39, 0.29) is 0 Å². The molecule has 0 spiro atoms. The van der Waals surface area contributed by atoms with Crippen LogP contribution in [0.3, 0.4) is 0 Å². The molecule has 1 aliphatic rings. The van der Waals surface area contributed by atoms with E-state index in [4.69, 9.17) is 4.74 Å². The summed E-state index contributed by atoms with van der Waals surface area (Å²) in [4.78, 5) is 0. The highest BCUT2D eigenvalue weighted by Gasteiger charge is 2.22. The van der Waals surface area contributed by atoms with E-state index in [1.165, 1.54) is 35.7 Å².